The van der Waals surface area contributed by atoms with Gasteiger partial charge in [0.1, 0.15) is 5.82 Å². The summed E-state index contributed by atoms with van der Waals surface area (Å²) in [5.74, 6) is 0.978. The Balaban J connectivity index is 1.65. The molecule has 4 nitrogen and oxygen atoms in total. The smallest absolute Gasteiger partial charge is 0.279 e. The summed E-state index contributed by atoms with van der Waals surface area (Å²) in [5.41, 5.74) is 2.86. The molecule has 1 aromatic carbocycles. The molecule has 1 aliphatic carbocycles. The Kier molecular flexibility index (Phi) is 2.81. The van der Waals surface area contributed by atoms with Crippen LogP contribution in [0.3, 0.4) is 0 Å². The summed E-state index contributed by atoms with van der Waals surface area (Å²) in [6, 6.07) is 8.75. The molecule has 2 aliphatic rings. The Morgan fingerprint density at radius 1 is 1.19 bits per heavy atom. The highest BCUT2D eigenvalue weighted by Gasteiger charge is 2.45. The molecule has 0 bridgehead atoms. The van der Waals surface area contributed by atoms with Crippen molar-refractivity contribution in [2.45, 2.75) is 57.5 Å². The highest BCUT2D eigenvalue weighted by molar-refractivity contribution is 5.33. The maximum atomic E-state index is 12.5. The third kappa shape index (κ3) is 2.13. The van der Waals surface area contributed by atoms with Gasteiger partial charge in [0.25, 0.3) is 0 Å². The van der Waals surface area contributed by atoms with Crippen molar-refractivity contribution in [1.29, 1.82) is 0 Å². The van der Waals surface area contributed by atoms with E-state index in [0.717, 1.165) is 51.0 Å². The lowest BCUT2D eigenvalue weighted by molar-refractivity contribution is 0.480. The van der Waals surface area contributed by atoms with E-state index in [4.69, 9.17) is 0 Å². The number of hydrogen-bond donors (Lipinski definition) is 0. The van der Waals surface area contributed by atoms with Crippen molar-refractivity contribution in [3.63, 3.8) is 0 Å². The van der Waals surface area contributed by atoms with Gasteiger partial charge in [0.15, 0.2) is 0 Å². The van der Waals surface area contributed by atoms with E-state index in [1.165, 1.54) is 11.1 Å². The predicted octanol–water partition coefficient (Wildman–Crippen LogP) is 2.42. The van der Waals surface area contributed by atoms with Gasteiger partial charge in [-0.2, -0.15) is 5.10 Å². The molecule has 2 aromatic rings. The van der Waals surface area contributed by atoms with Gasteiger partial charge in [-0.25, -0.2) is 9.48 Å². The lowest BCUT2D eigenvalue weighted by atomic mass is 9.95. The molecule has 2 heterocycles. The maximum Gasteiger partial charge on any atom is 0.345 e. The average Bonchev–Trinajstić information content (AvgIpc) is 3.21. The predicted molar refractivity (Wildman–Crippen MR) is 81.5 cm³/mol. The van der Waals surface area contributed by atoms with E-state index in [2.05, 4.69) is 36.3 Å². The Labute approximate surface area is 124 Å². The van der Waals surface area contributed by atoms with Crippen molar-refractivity contribution in [1.82, 2.24) is 14.3 Å². The van der Waals surface area contributed by atoms with Crippen LogP contribution in [-0.4, -0.2) is 14.3 Å². The molecule has 0 radical (unpaired) electrons. The van der Waals surface area contributed by atoms with Gasteiger partial charge < -0.3 is 0 Å². The monoisotopic (exact) mass is 283 g/mol. The molecule has 0 unspecified atom stereocenters. The fourth-order valence-corrected chi connectivity index (χ4v) is 3.43. The number of aryl methyl sites for hydroxylation is 2. The van der Waals surface area contributed by atoms with Gasteiger partial charge >= 0.3 is 5.69 Å². The molecule has 0 atom stereocenters. The van der Waals surface area contributed by atoms with E-state index in [9.17, 15) is 4.79 Å². The third-order valence-corrected chi connectivity index (χ3v) is 5.00. The Bertz CT molecular complexity index is 719. The van der Waals surface area contributed by atoms with Gasteiger partial charge in [-0.05, 0) is 38.2 Å². The first-order valence-corrected chi connectivity index (χ1v) is 7.92. The molecule has 1 fully saturated rings. The number of fused-ring (bicyclic) bond motifs is 1. The molecule has 0 saturated heterocycles. The van der Waals surface area contributed by atoms with Crippen LogP contribution in [0.2, 0.25) is 0 Å². The van der Waals surface area contributed by atoms with Gasteiger partial charge in [0.2, 0.25) is 0 Å². The van der Waals surface area contributed by atoms with Crippen molar-refractivity contribution >= 4 is 0 Å². The largest absolute Gasteiger partial charge is 0.345 e. The van der Waals surface area contributed by atoms with Crippen LogP contribution in [0.25, 0.3) is 0 Å². The van der Waals surface area contributed by atoms with Gasteiger partial charge in [-0.15, -0.1) is 0 Å². The summed E-state index contributed by atoms with van der Waals surface area (Å²) in [5, 5.41) is 4.59. The van der Waals surface area contributed by atoms with Crippen LogP contribution in [0.4, 0.5) is 0 Å². The summed E-state index contributed by atoms with van der Waals surface area (Å²) < 4.78 is 3.59. The fraction of sp³-hybridized carbons (Fsp3) is 0.529. The topological polar surface area (TPSA) is 39.8 Å². The Morgan fingerprint density at radius 2 is 1.95 bits per heavy atom. The summed E-state index contributed by atoms with van der Waals surface area (Å²) in [6.45, 7) is 3.68. The zero-order chi connectivity index (χ0) is 14.4. The number of rotatable bonds is 3. The molecule has 1 aromatic heterocycles. The quantitative estimate of drug-likeness (QED) is 0.868. The SMILES string of the molecule is Cc1ccc(C2(Cn3nc4n(c3=O)CCCC4)CC2)cc1. The second-order valence-electron chi connectivity index (χ2n) is 6.61. The maximum absolute atomic E-state index is 12.5. The standard InChI is InChI=1S/C17H21N3O/c1-13-5-7-14(8-6-13)17(9-10-17)12-20-16(21)19-11-3-2-4-15(19)18-20/h5-8H,2-4,9-12H2,1H3. The van der Waals surface area contributed by atoms with Gasteiger partial charge in [0, 0.05) is 18.4 Å². The highest BCUT2D eigenvalue weighted by Crippen LogP contribution is 2.49. The minimum Gasteiger partial charge on any atom is -0.279 e. The molecule has 4 heteroatoms. The molecule has 0 spiro atoms. The van der Waals surface area contributed by atoms with Crippen LogP contribution in [0.5, 0.6) is 0 Å². The van der Waals surface area contributed by atoms with E-state index in [-0.39, 0.29) is 11.1 Å². The van der Waals surface area contributed by atoms with E-state index in [1.54, 1.807) is 4.68 Å². The zero-order valence-corrected chi connectivity index (χ0v) is 12.5. The van der Waals surface area contributed by atoms with Gasteiger partial charge in [-0.1, -0.05) is 29.8 Å². The van der Waals surface area contributed by atoms with E-state index in [0.29, 0.717) is 0 Å². The van der Waals surface area contributed by atoms with Crippen molar-refractivity contribution in [3.8, 4) is 0 Å². The van der Waals surface area contributed by atoms with Crippen LogP contribution in [0.15, 0.2) is 29.1 Å². The number of hydrogen-bond acceptors (Lipinski definition) is 2. The molecule has 1 saturated carbocycles. The van der Waals surface area contributed by atoms with Crippen molar-refractivity contribution < 1.29 is 0 Å². The molecule has 4 rings (SSSR count). The average molecular weight is 283 g/mol. The summed E-state index contributed by atoms with van der Waals surface area (Å²) in [7, 11) is 0. The number of benzene rings is 1. The first-order chi connectivity index (χ1) is 10.2. The second-order valence-corrected chi connectivity index (χ2v) is 6.61. The minimum atomic E-state index is 0.0862. The van der Waals surface area contributed by atoms with E-state index >= 15 is 0 Å². The van der Waals surface area contributed by atoms with Gasteiger partial charge in [-0.3, -0.25) is 4.57 Å². The Morgan fingerprint density at radius 3 is 2.62 bits per heavy atom. The lowest BCUT2D eigenvalue weighted by Crippen LogP contribution is -2.30. The molecule has 0 amide bonds. The number of aromatic nitrogens is 3. The van der Waals surface area contributed by atoms with E-state index in [1.807, 2.05) is 4.57 Å². The van der Waals surface area contributed by atoms with Gasteiger partial charge in [0.05, 0.1) is 6.54 Å². The van der Waals surface area contributed by atoms with Crippen LogP contribution in [-0.2, 0) is 24.9 Å². The molecule has 21 heavy (non-hydrogen) atoms. The molecular formula is C17H21N3O. The van der Waals surface area contributed by atoms with Crippen LogP contribution in [0.1, 0.15) is 42.6 Å². The first-order valence-electron chi connectivity index (χ1n) is 7.92. The van der Waals surface area contributed by atoms with Crippen molar-refractivity contribution in [2.75, 3.05) is 0 Å². The van der Waals surface area contributed by atoms with Crippen LogP contribution < -0.4 is 5.69 Å². The zero-order valence-electron chi connectivity index (χ0n) is 12.5. The van der Waals surface area contributed by atoms with Crippen LogP contribution >= 0.6 is 0 Å². The molecule has 0 N–H and O–H groups in total. The minimum absolute atomic E-state index is 0.0862. The second kappa shape index (κ2) is 4.58. The third-order valence-electron chi connectivity index (χ3n) is 5.00. The normalized spacial score (nSPS) is 19.3. The molecular weight excluding hydrogens is 262 g/mol. The lowest BCUT2D eigenvalue weighted by Gasteiger charge is -2.15. The van der Waals surface area contributed by atoms with E-state index < -0.39 is 0 Å². The fourth-order valence-electron chi connectivity index (χ4n) is 3.43. The first kappa shape index (κ1) is 12.9. The van der Waals surface area contributed by atoms with Crippen LogP contribution in [0, 0.1) is 6.92 Å². The molecule has 110 valence electrons. The summed E-state index contributed by atoms with van der Waals surface area (Å²) >= 11 is 0. The van der Waals surface area contributed by atoms with Crippen molar-refractivity contribution in [2.24, 2.45) is 0 Å². The van der Waals surface area contributed by atoms with Crippen molar-refractivity contribution in [3.05, 3.63) is 51.7 Å². The highest BCUT2D eigenvalue weighted by atomic mass is 16.2. The Hall–Kier alpha value is -1.84. The number of nitrogens with zero attached hydrogens (tertiary/aromatic N) is 3. The summed E-state index contributed by atoms with van der Waals surface area (Å²) in [6.07, 6.45) is 5.51. The summed E-state index contributed by atoms with van der Waals surface area (Å²) in [4.78, 5) is 12.5. The molecule has 1 aliphatic heterocycles.